The van der Waals surface area contributed by atoms with Crippen LogP contribution in [-0.4, -0.2) is 53.2 Å². The van der Waals surface area contributed by atoms with Crippen molar-refractivity contribution in [2.75, 3.05) is 12.3 Å². The number of hydrogen-bond donors (Lipinski definition) is 5. The van der Waals surface area contributed by atoms with Gasteiger partial charge in [-0.05, 0) is 12.1 Å². The summed E-state index contributed by atoms with van der Waals surface area (Å²) in [5, 5.41) is 10.4. The normalized spacial score (nSPS) is 23.4. The number of rotatable bonds is 4. The number of phosphoric acid groups is 1. The van der Waals surface area contributed by atoms with Crippen LogP contribution in [0.4, 0.5) is 5.95 Å². The Bertz CT molecular complexity index is 1120. The zero-order valence-electron chi connectivity index (χ0n) is 13.7. The van der Waals surface area contributed by atoms with Gasteiger partial charge in [-0.2, -0.15) is 0 Å². The number of nitrogen functional groups attached to an aromatic ring is 1. The molecule has 2 aromatic heterocycles. The van der Waals surface area contributed by atoms with Crippen LogP contribution >= 0.6 is 7.82 Å². The smallest absolute Gasteiger partial charge is 0.390 e. The molecule has 0 spiro atoms. The lowest BCUT2D eigenvalue weighted by Gasteiger charge is -2.16. The molecule has 0 aliphatic carbocycles. The van der Waals surface area contributed by atoms with Crippen molar-refractivity contribution in [3.05, 3.63) is 28.8 Å². The number of benzene rings is 1. The number of fused-ring (bicyclic) bond motifs is 2. The molecule has 144 valence electrons. The van der Waals surface area contributed by atoms with Crippen molar-refractivity contribution in [1.29, 1.82) is 0 Å². The fourth-order valence-corrected chi connectivity index (χ4v) is 3.46. The molecule has 27 heavy (non-hydrogen) atoms. The van der Waals surface area contributed by atoms with E-state index >= 15 is 0 Å². The number of nitrogens with one attached hydrogen (secondary N) is 1. The quantitative estimate of drug-likeness (QED) is 0.363. The van der Waals surface area contributed by atoms with Crippen molar-refractivity contribution in [2.24, 2.45) is 0 Å². The van der Waals surface area contributed by atoms with Crippen LogP contribution in [-0.2, 0) is 13.8 Å². The molecule has 0 amide bonds. The summed E-state index contributed by atoms with van der Waals surface area (Å²) in [4.78, 5) is 40.4. The van der Waals surface area contributed by atoms with Crippen LogP contribution in [0.5, 0.6) is 0 Å². The molecule has 3 atom stereocenters. The van der Waals surface area contributed by atoms with Crippen LogP contribution in [0.15, 0.2) is 23.3 Å². The number of phosphoric ester groups is 1. The van der Waals surface area contributed by atoms with E-state index in [2.05, 4.69) is 19.5 Å². The summed E-state index contributed by atoms with van der Waals surface area (Å²) in [6.45, 7) is -0.453. The first-order valence-corrected chi connectivity index (χ1v) is 9.44. The van der Waals surface area contributed by atoms with Crippen molar-refractivity contribution in [1.82, 2.24) is 19.5 Å². The molecule has 3 heterocycles. The number of aliphatic hydroxyl groups is 1. The van der Waals surface area contributed by atoms with E-state index < -0.39 is 32.9 Å². The van der Waals surface area contributed by atoms with Gasteiger partial charge in [-0.3, -0.25) is 14.3 Å². The highest BCUT2D eigenvalue weighted by Crippen LogP contribution is 2.38. The zero-order chi connectivity index (χ0) is 19.3. The van der Waals surface area contributed by atoms with E-state index in [1.165, 1.54) is 6.33 Å². The lowest BCUT2D eigenvalue weighted by atomic mass is 10.2. The Hall–Kier alpha value is -2.34. The largest absolute Gasteiger partial charge is 0.469 e. The SMILES string of the molecule is Nc1nc2cc3c(cc2c(=O)[nH]1)ncn3[C@H]1C[C@H](O)[C@@H](COP(=O)(O)O)O1. The summed E-state index contributed by atoms with van der Waals surface area (Å²) in [5.74, 6) is -0.0138. The molecular formula is C14H16N5O7P. The van der Waals surface area contributed by atoms with E-state index in [1.807, 2.05) is 0 Å². The molecular weight excluding hydrogens is 381 g/mol. The molecule has 1 fully saturated rings. The van der Waals surface area contributed by atoms with Crippen LogP contribution in [0.3, 0.4) is 0 Å². The average Bonchev–Trinajstić information content (AvgIpc) is 3.13. The number of ether oxygens (including phenoxy) is 1. The van der Waals surface area contributed by atoms with Crippen molar-refractivity contribution >= 4 is 35.7 Å². The molecule has 0 bridgehead atoms. The first-order chi connectivity index (χ1) is 12.7. The molecule has 0 unspecified atom stereocenters. The van der Waals surface area contributed by atoms with Gasteiger partial charge < -0.3 is 29.9 Å². The molecule has 0 radical (unpaired) electrons. The van der Waals surface area contributed by atoms with Gasteiger partial charge in [0, 0.05) is 6.42 Å². The summed E-state index contributed by atoms with van der Waals surface area (Å²) in [5.41, 5.74) is 6.71. The molecule has 6 N–H and O–H groups in total. The Morgan fingerprint density at radius 2 is 2.19 bits per heavy atom. The first kappa shape index (κ1) is 18.0. The summed E-state index contributed by atoms with van der Waals surface area (Å²) >= 11 is 0. The van der Waals surface area contributed by atoms with Gasteiger partial charge in [-0.15, -0.1) is 0 Å². The van der Waals surface area contributed by atoms with E-state index in [0.29, 0.717) is 21.9 Å². The van der Waals surface area contributed by atoms with Crippen molar-refractivity contribution in [3.63, 3.8) is 0 Å². The van der Waals surface area contributed by atoms with E-state index in [4.69, 9.17) is 20.3 Å². The Kier molecular flexibility index (Phi) is 4.26. The summed E-state index contributed by atoms with van der Waals surface area (Å²) in [6, 6.07) is 3.21. The highest BCUT2D eigenvalue weighted by molar-refractivity contribution is 7.46. The summed E-state index contributed by atoms with van der Waals surface area (Å²) < 4.78 is 22.6. The molecule has 1 aromatic carbocycles. The monoisotopic (exact) mass is 397 g/mol. The average molecular weight is 397 g/mol. The number of aromatic nitrogens is 4. The van der Waals surface area contributed by atoms with Gasteiger partial charge in [0.15, 0.2) is 0 Å². The maximum Gasteiger partial charge on any atom is 0.469 e. The molecule has 1 aliphatic heterocycles. The number of nitrogens with zero attached hydrogens (tertiary/aromatic N) is 3. The van der Waals surface area contributed by atoms with Crippen LogP contribution in [0, 0.1) is 0 Å². The maximum absolute atomic E-state index is 12.0. The summed E-state index contributed by atoms with van der Waals surface area (Å²) in [7, 11) is -4.66. The Morgan fingerprint density at radius 1 is 1.41 bits per heavy atom. The van der Waals surface area contributed by atoms with Crippen LogP contribution in [0.25, 0.3) is 21.9 Å². The third-order valence-electron chi connectivity index (χ3n) is 4.34. The highest BCUT2D eigenvalue weighted by atomic mass is 31.2. The van der Waals surface area contributed by atoms with Gasteiger partial charge in [-0.1, -0.05) is 0 Å². The molecule has 1 aliphatic rings. The second kappa shape index (κ2) is 6.37. The standard InChI is InChI=1S/C14H16N5O7P/c15-14-17-7-2-9-8(1-6(7)13(21)18-14)16-5-19(9)12-3-10(20)11(26-12)4-25-27(22,23)24/h1-2,5,10-12,20H,3-4H2,(H2,22,23,24)(H3,15,17,18,21)/t10-,11+,12+/m0/s1. The van der Waals surface area contributed by atoms with E-state index in [-0.39, 0.29) is 17.9 Å². The van der Waals surface area contributed by atoms with Gasteiger partial charge in [0.1, 0.15) is 12.3 Å². The van der Waals surface area contributed by atoms with Crippen molar-refractivity contribution < 1.29 is 28.7 Å². The van der Waals surface area contributed by atoms with Gasteiger partial charge in [0.05, 0.1) is 41.0 Å². The van der Waals surface area contributed by atoms with Crippen molar-refractivity contribution in [3.8, 4) is 0 Å². The third-order valence-corrected chi connectivity index (χ3v) is 4.83. The molecule has 13 heteroatoms. The fraction of sp³-hybridized carbons (Fsp3) is 0.357. The maximum atomic E-state index is 12.0. The zero-order valence-corrected chi connectivity index (χ0v) is 14.6. The molecule has 0 saturated carbocycles. The van der Waals surface area contributed by atoms with Crippen LogP contribution in [0.2, 0.25) is 0 Å². The van der Waals surface area contributed by atoms with Gasteiger partial charge >= 0.3 is 7.82 Å². The van der Waals surface area contributed by atoms with Gasteiger partial charge in [-0.25, -0.2) is 14.5 Å². The molecule has 12 nitrogen and oxygen atoms in total. The minimum atomic E-state index is -4.66. The van der Waals surface area contributed by atoms with Crippen LogP contribution in [0.1, 0.15) is 12.6 Å². The molecule has 4 rings (SSSR count). The fourth-order valence-electron chi connectivity index (χ4n) is 3.11. The first-order valence-electron chi connectivity index (χ1n) is 7.91. The molecule has 1 saturated heterocycles. The predicted octanol–water partition coefficient (Wildman–Crippen LogP) is -0.387. The van der Waals surface area contributed by atoms with E-state index in [0.717, 1.165) is 0 Å². The lowest BCUT2D eigenvalue weighted by Crippen LogP contribution is -2.25. The predicted molar refractivity (Wildman–Crippen MR) is 92.6 cm³/mol. The van der Waals surface area contributed by atoms with Gasteiger partial charge in [0.25, 0.3) is 5.56 Å². The second-order valence-electron chi connectivity index (χ2n) is 6.18. The minimum Gasteiger partial charge on any atom is -0.390 e. The number of aromatic amines is 1. The van der Waals surface area contributed by atoms with Crippen LogP contribution < -0.4 is 11.3 Å². The third kappa shape index (κ3) is 3.46. The van der Waals surface area contributed by atoms with E-state index in [1.54, 1.807) is 16.7 Å². The number of nitrogens with two attached hydrogens (primary N) is 1. The second-order valence-corrected chi connectivity index (χ2v) is 7.42. The Labute approximate surface area is 150 Å². The van der Waals surface area contributed by atoms with Crippen molar-refractivity contribution in [2.45, 2.75) is 24.9 Å². The molecule has 3 aromatic rings. The van der Waals surface area contributed by atoms with E-state index in [9.17, 15) is 14.5 Å². The number of H-pyrrole nitrogens is 1. The topological polar surface area (TPSA) is 186 Å². The number of aliphatic hydroxyl groups excluding tert-OH is 1. The number of imidazole rings is 1. The van der Waals surface area contributed by atoms with Gasteiger partial charge in [0.2, 0.25) is 5.95 Å². The number of anilines is 1. The Balaban J connectivity index is 1.67. The highest BCUT2D eigenvalue weighted by Gasteiger charge is 2.37. The number of hydrogen-bond acceptors (Lipinski definition) is 8. The minimum absolute atomic E-state index is 0.0138. The Morgan fingerprint density at radius 3 is 2.93 bits per heavy atom. The summed E-state index contributed by atoms with van der Waals surface area (Å²) in [6.07, 6.45) is -0.853. The lowest BCUT2D eigenvalue weighted by molar-refractivity contribution is -0.0422.